The van der Waals surface area contributed by atoms with Crippen LogP contribution in [0.4, 0.5) is 0 Å². The Morgan fingerprint density at radius 2 is 1.96 bits per heavy atom. The Morgan fingerprint density at radius 1 is 1.14 bits per heavy atom. The molecule has 1 aliphatic heterocycles. The smallest absolute Gasteiger partial charge is 0.220 e. The zero-order valence-electron chi connectivity index (χ0n) is 17.6. The van der Waals surface area contributed by atoms with E-state index in [4.69, 9.17) is 4.74 Å². The van der Waals surface area contributed by atoms with Crippen molar-refractivity contribution in [2.75, 3.05) is 32.8 Å². The van der Waals surface area contributed by atoms with Crippen molar-refractivity contribution in [3.05, 3.63) is 35.9 Å². The maximum Gasteiger partial charge on any atom is 0.220 e. The normalized spacial score (nSPS) is 26.1. The second kappa shape index (κ2) is 11.6. The second-order valence-corrected chi connectivity index (χ2v) is 8.63. The molecule has 4 heteroatoms. The number of nitrogens with one attached hydrogen (secondary N) is 1. The third kappa shape index (κ3) is 6.89. The summed E-state index contributed by atoms with van der Waals surface area (Å²) in [5.41, 5.74) is 1.24. The number of carbonyl (C=O) groups excluding carboxylic acids is 1. The number of rotatable bonds is 9. The molecule has 3 rings (SSSR count). The first-order valence-electron chi connectivity index (χ1n) is 11.4. The maximum absolute atomic E-state index is 12.6. The molecule has 1 saturated heterocycles. The third-order valence-electron chi connectivity index (χ3n) is 6.39. The summed E-state index contributed by atoms with van der Waals surface area (Å²) in [7, 11) is 0. The monoisotopic (exact) mass is 386 g/mol. The molecular weight excluding hydrogens is 348 g/mol. The van der Waals surface area contributed by atoms with Crippen LogP contribution in [0, 0.1) is 11.8 Å². The number of benzene rings is 1. The Hall–Kier alpha value is -1.39. The van der Waals surface area contributed by atoms with Crippen LogP contribution in [0.15, 0.2) is 30.3 Å². The molecule has 28 heavy (non-hydrogen) atoms. The van der Waals surface area contributed by atoms with E-state index >= 15 is 0 Å². The Kier molecular flexibility index (Phi) is 8.81. The molecule has 2 aliphatic rings. The van der Waals surface area contributed by atoms with E-state index < -0.39 is 0 Å². The van der Waals surface area contributed by atoms with Crippen LogP contribution in [0.3, 0.4) is 0 Å². The Bertz CT molecular complexity index is 577. The summed E-state index contributed by atoms with van der Waals surface area (Å²) >= 11 is 0. The highest BCUT2D eigenvalue weighted by Crippen LogP contribution is 2.27. The van der Waals surface area contributed by atoms with Gasteiger partial charge >= 0.3 is 0 Å². The Morgan fingerprint density at radius 3 is 2.79 bits per heavy atom. The molecular formula is C24H38N2O2. The summed E-state index contributed by atoms with van der Waals surface area (Å²) in [5.74, 6) is 1.49. The molecule has 3 atom stereocenters. The molecule has 1 amide bonds. The molecule has 0 bridgehead atoms. The van der Waals surface area contributed by atoms with E-state index in [1.807, 2.05) is 18.2 Å². The van der Waals surface area contributed by atoms with E-state index in [-0.39, 0.29) is 5.91 Å². The summed E-state index contributed by atoms with van der Waals surface area (Å²) in [6.45, 7) is 7.28. The fourth-order valence-corrected chi connectivity index (χ4v) is 4.87. The average Bonchev–Trinajstić information content (AvgIpc) is 2.73. The average molecular weight is 387 g/mol. The Labute approximate surface area is 171 Å². The minimum absolute atomic E-state index is 0.216. The molecule has 4 nitrogen and oxygen atoms in total. The van der Waals surface area contributed by atoms with Gasteiger partial charge in [0.05, 0.1) is 6.61 Å². The van der Waals surface area contributed by atoms with Crippen LogP contribution in [0.1, 0.15) is 57.4 Å². The fraction of sp³-hybridized carbons (Fsp3) is 0.708. The van der Waals surface area contributed by atoms with E-state index in [9.17, 15) is 4.79 Å². The minimum Gasteiger partial charge on any atom is -0.381 e. The van der Waals surface area contributed by atoms with Gasteiger partial charge in [0.25, 0.3) is 0 Å². The van der Waals surface area contributed by atoms with E-state index in [1.165, 1.54) is 44.2 Å². The number of likely N-dealkylation sites (tertiary alicyclic amines) is 1. The zero-order valence-corrected chi connectivity index (χ0v) is 17.6. The van der Waals surface area contributed by atoms with Crippen LogP contribution in [-0.2, 0) is 16.0 Å². The van der Waals surface area contributed by atoms with Gasteiger partial charge in [-0.1, -0.05) is 43.2 Å². The molecule has 156 valence electrons. The summed E-state index contributed by atoms with van der Waals surface area (Å²) in [6, 6.07) is 10.7. The minimum atomic E-state index is 0.216. The predicted octanol–water partition coefficient (Wildman–Crippen LogP) is 4.04. The Balaban J connectivity index is 1.46. The van der Waals surface area contributed by atoms with Gasteiger partial charge in [0, 0.05) is 32.2 Å². The van der Waals surface area contributed by atoms with Crippen molar-refractivity contribution in [3.8, 4) is 0 Å². The molecule has 0 unspecified atom stereocenters. The number of nitrogens with zero attached hydrogens (tertiary/aromatic N) is 1. The van der Waals surface area contributed by atoms with Crippen LogP contribution >= 0.6 is 0 Å². The predicted molar refractivity (Wildman–Crippen MR) is 114 cm³/mol. The van der Waals surface area contributed by atoms with E-state index in [1.54, 1.807) is 0 Å². The van der Waals surface area contributed by atoms with Crippen molar-refractivity contribution in [1.29, 1.82) is 0 Å². The van der Waals surface area contributed by atoms with Gasteiger partial charge in [0.2, 0.25) is 5.91 Å². The standard InChI is InChI=1S/C24H38N2O2/c1-2-28-19-21-11-8-16-26(17-21)18-22-12-6-7-13-23(22)25-24(27)15-14-20-9-4-3-5-10-20/h3-5,9-10,21-23H,2,6-8,11-19H2,1H3,(H,25,27)/t21-,22-,23+/m1/s1. The lowest BCUT2D eigenvalue weighted by Gasteiger charge is -2.39. The van der Waals surface area contributed by atoms with Crippen molar-refractivity contribution >= 4 is 5.91 Å². The molecule has 1 heterocycles. The van der Waals surface area contributed by atoms with Crippen molar-refractivity contribution in [2.45, 2.75) is 64.3 Å². The van der Waals surface area contributed by atoms with Crippen molar-refractivity contribution in [2.24, 2.45) is 11.8 Å². The molecule has 1 saturated carbocycles. The molecule has 0 aromatic heterocycles. The lowest BCUT2D eigenvalue weighted by molar-refractivity contribution is -0.122. The first-order valence-corrected chi connectivity index (χ1v) is 11.4. The van der Waals surface area contributed by atoms with Crippen molar-refractivity contribution in [3.63, 3.8) is 0 Å². The summed E-state index contributed by atoms with van der Waals surface area (Å²) in [5, 5.41) is 3.38. The van der Waals surface area contributed by atoms with Crippen LogP contribution < -0.4 is 5.32 Å². The highest BCUT2D eigenvalue weighted by atomic mass is 16.5. The number of hydrogen-bond acceptors (Lipinski definition) is 3. The summed E-state index contributed by atoms with van der Waals surface area (Å²) in [4.78, 5) is 15.2. The molecule has 0 spiro atoms. The number of piperidine rings is 1. The SMILES string of the molecule is CCOC[C@@H]1CCCN(C[C@H]2CCCC[C@@H]2NC(=O)CCc2ccccc2)C1. The number of aryl methyl sites for hydroxylation is 1. The van der Waals surface area contributed by atoms with Gasteiger partial charge in [-0.2, -0.15) is 0 Å². The van der Waals surface area contributed by atoms with Gasteiger partial charge in [0.1, 0.15) is 0 Å². The van der Waals surface area contributed by atoms with Crippen molar-refractivity contribution < 1.29 is 9.53 Å². The van der Waals surface area contributed by atoms with Gasteiger partial charge in [-0.25, -0.2) is 0 Å². The van der Waals surface area contributed by atoms with E-state index in [2.05, 4.69) is 29.3 Å². The fourth-order valence-electron chi connectivity index (χ4n) is 4.87. The molecule has 2 fully saturated rings. The summed E-state index contributed by atoms with van der Waals surface area (Å²) in [6.07, 6.45) is 8.92. The zero-order chi connectivity index (χ0) is 19.6. The van der Waals surface area contributed by atoms with Crippen molar-refractivity contribution in [1.82, 2.24) is 10.2 Å². The van der Waals surface area contributed by atoms with Gasteiger partial charge in [-0.05, 0) is 63.0 Å². The number of hydrogen-bond donors (Lipinski definition) is 1. The lowest BCUT2D eigenvalue weighted by Crippen LogP contribution is -2.48. The van der Waals surface area contributed by atoms with E-state index in [0.29, 0.717) is 24.3 Å². The first-order chi connectivity index (χ1) is 13.7. The van der Waals surface area contributed by atoms with Crippen LogP contribution in [0.25, 0.3) is 0 Å². The summed E-state index contributed by atoms with van der Waals surface area (Å²) < 4.78 is 5.66. The maximum atomic E-state index is 12.6. The number of amides is 1. The highest BCUT2D eigenvalue weighted by molar-refractivity contribution is 5.76. The lowest BCUT2D eigenvalue weighted by atomic mass is 9.83. The molecule has 1 aliphatic carbocycles. The molecule has 1 aromatic carbocycles. The van der Waals surface area contributed by atoms with Gasteiger partial charge in [-0.3, -0.25) is 4.79 Å². The second-order valence-electron chi connectivity index (χ2n) is 8.63. The van der Waals surface area contributed by atoms with Crippen LogP contribution in [0.5, 0.6) is 0 Å². The molecule has 1 aromatic rings. The number of carbonyl (C=O) groups is 1. The number of ether oxygens (including phenoxy) is 1. The first kappa shape index (κ1) is 21.3. The van der Waals surface area contributed by atoms with Gasteiger partial charge in [0.15, 0.2) is 0 Å². The third-order valence-corrected chi connectivity index (χ3v) is 6.39. The largest absolute Gasteiger partial charge is 0.381 e. The topological polar surface area (TPSA) is 41.6 Å². The van der Waals surface area contributed by atoms with Gasteiger partial charge < -0.3 is 15.0 Å². The molecule has 1 N–H and O–H groups in total. The van der Waals surface area contributed by atoms with E-state index in [0.717, 1.165) is 39.1 Å². The quantitative estimate of drug-likeness (QED) is 0.696. The van der Waals surface area contributed by atoms with Crippen LogP contribution in [0.2, 0.25) is 0 Å². The highest BCUT2D eigenvalue weighted by Gasteiger charge is 2.30. The molecule has 0 radical (unpaired) electrons. The van der Waals surface area contributed by atoms with Gasteiger partial charge in [-0.15, -0.1) is 0 Å². The van der Waals surface area contributed by atoms with Crippen LogP contribution in [-0.4, -0.2) is 49.7 Å².